The van der Waals surface area contributed by atoms with Crippen LogP contribution in [-0.2, 0) is 14.3 Å². The molecule has 0 aliphatic carbocycles. The predicted octanol–water partition coefficient (Wildman–Crippen LogP) is 0.121. The Kier molecular flexibility index (Phi) is 2.60. The van der Waals surface area contributed by atoms with Gasteiger partial charge in [0.2, 0.25) is 0 Å². The summed E-state index contributed by atoms with van der Waals surface area (Å²) in [6.07, 6.45) is 0.765. The van der Waals surface area contributed by atoms with Gasteiger partial charge in [-0.3, -0.25) is 10.1 Å². The SMILES string of the molecule is CC(C)C1(CC2CO2)C(=O)NC(=O)N1CC1CO1. The fourth-order valence-corrected chi connectivity index (χ4v) is 2.74. The Morgan fingerprint density at radius 1 is 1.33 bits per heavy atom. The molecule has 3 amide bonds. The summed E-state index contributed by atoms with van der Waals surface area (Å²) in [5.41, 5.74) is -0.774. The molecule has 0 bridgehead atoms. The lowest BCUT2D eigenvalue weighted by atomic mass is 9.80. The van der Waals surface area contributed by atoms with Gasteiger partial charge in [0.1, 0.15) is 5.54 Å². The molecule has 18 heavy (non-hydrogen) atoms. The summed E-state index contributed by atoms with van der Waals surface area (Å²) in [7, 11) is 0. The van der Waals surface area contributed by atoms with Gasteiger partial charge in [0, 0.05) is 6.42 Å². The number of amides is 3. The third kappa shape index (κ3) is 1.80. The minimum absolute atomic E-state index is 0.0481. The number of nitrogens with one attached hydrogen (secondary N) is 1. The van der Waals surface area contributed by atoms with Crippen molar-refractivity contribution in [2.75, 3.05) is 19.8 Å². The highest BCUT2D eigenvalue weighted by molar-refractivity contribution is 6.07. The number of carbonyl (C=O) groups is 2. The first-order valence-electron chi connectivity index (χ1n) is 6.40. The van der Waals surface area contributed by atoms with E-state index >= 15 is 0 Å². The molecule has 6 nitrogen and oxygen atoms in total. The van der Waals surface area contributed by atoms with Crippen LogP contribution < -0.4 is 5.32 Å². The van der Waals surface area contributed by atoms with E-state index in [2.05, 4.69) is 5.32 Å². The molecule has 3 rings (SSSR count). The third-order valence-electron chi connectivity index (χ3n) is 4.03. The first kappa shape index (κ1) is 11.9. The summed E-state index contributed by atoms with van der Waals surface area (Å²) < 4.78 is 10.4. The molecule has 3 fully saturated rings. The lowest BCUT2D eigenvalue weighted by molar-refractivity contribution is -0.129. The Morgan fingerprint density at radius 2 is 1.94 bits per heavy atom. The largest absolute Gasteiger partial charge is 0.373 e. The van der Waals surface area contributed by atoms with Gasteiger partial charge in [-0.25, -0.2) is 4.79 Å². The predicted molar refractivity (Wildman–Crippen MR) is 61.9 cm³/mol. The topological polar surface area (TPSA) is 74.5 Å². The van der Waals surface area contributed by atoms with Gasteiger partial charge in [0.15, 0.2) is 0 Å². The minimum Gasteiger partial charge on any atom is -0.373 e. The Morgan fingerprint density at radius 3 is 2.44 bits per heavy atom. The van der Waals surface area contributed by atoms with E-state index in [1.54, 1.807) is 4.90 Å². The van der Waals surface area contributed by atoms with Gasteiger partial charge in [0.05, 0.1) is 32.0 Å². The zero-order valence-corrected chi connectivity index (χ0v) is 10.6. The van der Waals surface area contributed by atoms with Gasteiger partial charge >= 0.3 is 6.03 Å². The van der Waals surface area contributed by atoms with E-state index < -0.39 is 5.54 Å². The highest BCUT2D eigenvalue weighted by Crippen LogP contribution is 2.38. The van der Waals surface area contributed by atoms with Gasteiger partial charge in [-0.1, -0.05) is 13.8 Å². The number of urea groups is 1. The van der Waals surface area contributed by atoms with Crippen LogP contribution in [0.4, 0.5) is 4.79 Å². The zero-order chi connectivity index (χ0) is 12.9. The van der Waals surface area contributed by atoms with Crippen LogP contribution in [0.25, 0.3) is 0 Å². The monoisotopic (exact) mass is 254 g/mol. The van der Waals surface area contributed by atoms with Crippen LogP contribution in [0.1, 0.15) is 20.3 Å². The first-order valence-corrected chi connectivity index (χ1v) is 6.40. The molecule has 3 unspecified atom stereocenters. The highest BCUT2D eigenvalue weighted by atomic mass is 16.6. The van der Waals surface area contributed by atoms with Crippen molar-refractivity contribution in [2.45, 2.75) is 38.0 Å². The quantitative estimate of drug-likeness (QED) is 0.558. The van der Waals surface area contributed by atoms with Crippen molar-refractivity contribution in [2.24, 2.45) is 5.92 Å². The molecule has 0 aromatic rings. The fraction of sp³-hybridized carbons (Fsp3) is 0.833. The number of imide groups is 1. The third-order valence-corrected chi connectivity index (χ3v) is 4.03. The minimum atomic E-state index is -0.774. The molecule has 0 spiro atoms. The molecule has 3 saturated heterocycles. The number of nitrogens with zero attached hydrogens (tertiary/aromatic N) is 1. The standard InChI is InChI=1S/C12H18N2O4/c1-7(2)12(3-8-5-17-8)10(15)13-11(16)14(12)4-9-6-18-9/h7-9H,3-6H2,1-2H3,(H,13,15,16). The normalized spacial score (nSPS) is 38.3. The smallest absolute Gasteiger partial charge is 0.325 e. The maximum absolute atomic E-state index is 12.3. The number of rotatable bonds is 5. The molecule has 3 aliphatic rings. The van der Waals surface area contributed by atoms with Crippen LogP contribution in [0.15, 0.2) is 0 Å². The molecule has 1 N–H and O–H groups in total. The van der Waals surface area contributed by atoms with E-state index in [-0.39, 0.29) is 30.1 Å². The van der Waals surface area contributed by atoms with Crippen molar-refractivity contribution < 1.29 is 19.1 Å². The summed E-state index contributed by atoms with van der Waals surface area (Å²) in [4.78, 5) is 25.9. The molecule has 3 aliphatic heterocycles. The van der Waals surface area contributed by atoms with Gasteiger partial charge in [-0.15, -0.1) is 0 Å². The Labute approximate surface area is 106 Å². The maximum Gasteiger partial charge on any atom is 0.325 e. The molecule has 100 valence electrons. The van der Waals surface area contributed by atoms with Crippen molar-refractivity contribution in [3.63, 3.8) is 0 Å². The Bertz CT molecular complexity index is 390. The van der Waals surface area contributed by atoms with E-state index in [9.17, 15) is 9.59 Å². The summed E-state index contributed by atoms with van der Waals surface area (Å²) in [5, 5.41) is 2.44. The van der Waals surface area contributed by atoms with Crippen molar-refractivity contribution in [1.82, 2.24) is 10.2 Å². The average molecular weight is 254 g/mol. The summed E-state index contributed by atoms with van der Waals surface area (Å²) in [6.45, 7) is 5.79. The number of ether oxygens (including phenoxy) is 2. The van der Waals surface area contributed by atoms with Crippen LogP contribution >= 0.6 is 0 Å². The van der Waals surface area contributed by atoms with Crippen LogP contribution in [0.5, 0.6) is 0 Å². The molecule has 0 aromatic heterocycles. The highest BCUT2D eigenvalue weighted by Gasteiger charge is 2.58. The van der Waals surface area contributed by atoms with Gasteiger partial charge in [-0.2, -0.15) is 0 Å². The van der Waals surface area contributed by atoms with E-state index in [4.69, 9.17) is 9.47 Å². The molecule has 3 atom stereocenters. The summed E-state index contributed by atoms with van der Waals surface area (Å²) >= 11 is 0. The molecule has 0 radical (unpaired) electrons. The summed E-state index contributed by atoms with van der Waals surface area (Å²) in [6, 6.07) is -0.301. The fourth-order valence-electron chi connectivity index (χ4n) is 2.74. The van der Waals surface area contributed by atoms with Crippen molar-refractivity contribution in [3.8, 4) is 0 Å². The van der Waals surface area contributed by atoms with Crippen LogP contribution in [0.2, 0.25) is 0 Å². The van der Waals surface area contributed by atoms with Gasteiger partial charge < -0.3 is 14.4 Å². The lowest BCUT2D eigenvalue weighted by Crippen LogP contribution is -2.55. The maximum atomic E-state index is 12.3. The average Bonchev–Trinajstić information content (AvgIpc) is 3.16. The molecule has 6 heteroatoms. The molecular formula is C12H18N2O4. The molecular weight excluding hydrogens is 236 g/mol. The van der Waals surface area contributed by atoms with Crippen LogP contribution in [0.3, 0.4) is 0 Å². The lowest BCUT2D eigenvalue weighted by Gasteiger charge is -2.38. The number of hydrogen-bond donors (Lipinski definition) is 1. The van der Waals surface area contributed by atoms with Crippen LogP contribution in [0, 0.1) is 5.92 Å². The van der Waals surface area contributed by atoms with E-state index in [1.165, 1.54) is 0 Å². The second-order valence-electron chi connectivity index (χ2n) is 5.56. The van der Waals surface area contributed by atoms with E-state index in [0.29, 0.717) is 26.2 Å². The zero-order valence-electron chi connectivity index (χ0n) is 10.6. The van der Waals surface area contributed by atoms with Crippen molar-refractivity contribution in [3.05, 3.63) is 0 Å². The second-order valence-corrected chi connectivity index (χ2v) is 5.56. The molecule has 0 aromatic carbocycles. The molecule has 3 heterocycles. The summed E-state index contributed by atoms with van der Waals surface area (Å²) in [5.74, 6) is -0.148. The molecule has 0 saturated carbocycles. The second kappa shape index (κ2) is 3.93. The van der Waals surface area contributed by atoms with Gasteiger partial charge in [0.25, 0.3) is 5.91 Å². The number of carbonyl (C=O) groups excluding carboxylic acids is 2. The first-order chi connectivity index (χ1) is 8.54. The Balaban J connectivity index is 1.89. The number of epoxide rings is 2. The van der Waals surface area contributed by atoms with Crippen molar-refractivity contribution in [1.29, 1.82) is 0 Å². The van der Waals surface area contributed by atoms with E-state index in [1.807, 2.05) is 13.8 Å². The van der Waals surface area contributed by atoms with Gasteiger partial charge in [-0.05, 0) is 5.92 Å². The van der Waals surface area contributed by atoms with Crippen LogP contribution in [-0.4, -0.2) is 54.3 Å². The Hall–Kier alpha value is -1.14. The number of hydrogen-bond acceptors (Lipinski definition) is 4. The van der Waals surface area contributed by atoms with Crippen molar-refractivity contribution >= 4 is 11.9 Å². The van der Waals surface area contributed by atoms with E-state index in [0.717, 1.165) is 0 Å².